The molecule has 0 saturated heterocycles. The zero-order valence-electron chi connectivity index (χ0n) is 9.67. The maximum absolute atomic E-state index is 13.4. The van der Waals surface area contributed by atoms with E-state index in [1.807, 2.05) is 13.8 Å². The van der Waals surface area contributed by atoms with E-state index in [0.29, 0.717) is 10.7 Å². The van der Waals surface area contributed by atoms with Crippen molar-refractivity contribution in [2.45, 2.75) is 20.4 Å². The van der Waals surface area contributed by atoms with Crippen molar-refractivity contribution in [1.29, 1.82) is 0 Å². The minimum absolute atomic E-state index is 0.289. The molecule has 1 heterocycles. The average Bonchev–Trinajstić information content (AvgIpc) is 2.56. The number of halogens is 2. The molecule has 1 aromatic carbocycles. The Morgan fingerprint density at radius 2 is 2.06 bits per heavy atom. The Bertz CT molecular complexity index is 563. The number of nitrogens with zero attached hydrogens (tertiary/aromatic N) is 2. The number of aryl methyl sites for hydroxylation is 1. The molecule has 0 aliphatic heterocycles. The molecule has 2 N–H and O–H groups in total. The summed E-state index contributed by atoms with van der Waals surface area (Å²) in [5.74, 6) is -0.327. The molecule has 2 rings (SSSR count). The molecule has 2 aromatic rings. The Morgan fingerprint density at radius 3 is 2.59 bits per heavy atom. The SMILES string of the molecule is Cc1nn(-c2cc(F)cc(CN)c2)c(C)c1Cl. The van der Waals surface area contributed by atoms with E-state index >= 15 is 0 Å². The van der Waals surface area contributed by atoms with E-state index in [1.165, 1.54) is 12.1 Å². The molecule has 0 saturated carbocycles. The third-order valence-electron chi connectivity index (χ3n) is 2.63. The Balaban J connectivity index is 2.59. The van der Waals surface area contributed by atoms with Gasteiger partial charge in [0.1, 0.15) is 5.82 Å². The van der Waals surface area contributed by atoms with Gasteiger partial charge in [0.05, 0.1) is 22.1 Å². The van der Waals surface area contributed by atoms with Crippen LogP contribution in [0.2, 0.25) is 5.02 Å². The summed E-state index contributed by atoms with van der Waals surface area (Å²) < 4.78 is 15.0. The van der Waals surface area contributed by atoms with Gasteiger partial charge >= 0.3 is 0 Å². The van der Waals surface area contributed by atoms with Crippen LogP contribution < -0.4 is 5.73 Å². The highest BCUT2D eigenvalue weighted by molar-refractivity contribution is 6.31. The monoisotopic (exact) mass is 253 g/mol. The molecular formula is C12H13ClFN3. The van der Waals surface area contributed by atoms with Crippen molar-refractivity contribution in [3.8, 4) is 5.69 Å². The van der Waals surface area contributed by atoms with Crippen molar-refractivity contribution in [3.05, 3.63) is 46.0 Å². The first-order valence-electron chi connectivity index (χ1n) is 5.24. The summed E-state index contributed by atoms with van der Waals surface area (Å²) in [5, 5.41) is 4.87. The molecule has 0 aliphatic carbocycles. The lowest BCUT2D eigenvalue weighted by molar-refractivity contribution is 0.622. The van der Waals surface area contributed by atoms with Crippen LogP contribution in [-0.2, 0) is 6.54 Å². The summed E-state index contributed by atoms with van der Waals surface area (Å²) in [4.78, 5) is 0. The third kappa shape index (κ3) is 2.18. The molecule has 0 spiro atoms. The Labute approximate surface area is 104 Å². The van der Waals surface area contributed by atoms with Crippen molar-refractivity contribution >= 4 is 11.6 Å². The summed E-state index contributed by atoms with van der Waals surface area (Å²) in [6.45, 7) is 3.95. The summed E-state index contributed by atoms with van der Waals surface area (Å²) in [5.41, 5.74) is 8.39. The predicted octanol–water partition coefficient (Wildman–Crippen LogP) is 2.74. The fraction of sp³-hybridized carbons (Fsp3) is 0.250. The molecule has 17 heavy (non-hydrogen) atoms. The summed E-state index contributed by atoms with van der Waals surface area (Å²) in [6, 6.07) is 4.63. The lowest BCUT2D eigenvalue weighted by Gasteiger charge is -2.07. The van der Waals surface area contributed by atoms with Crippen LogP contribution in [0.3, 0.4) is 0 Å². The number of rotatable bonds is 2. The first kappa shape index (κ1) is 12.1. The van der Waals surface area contributed by atoms with Crippen molar-refractivity contribution in [2.24, 2.45) is 5.73 Å². The predicted molar refractivity (Wildman–Crippen MR) is 65.9 cm³/mol. The molecule has 0 amide bonds. The van der Waals surface area contributed by atoms with Gasteiger partial charge in [-0.3, -0.25) is 0 Å². The number of hydrogen-bond donors (Lipinski definition) is 1. The van der Waals surface area contributed by atoms with Gasteiger partial charge in [0.2, 0.25) is 0 Å². The molecule has 5 heteroatoms. The smallest absolute Gasteiger partial charge is 0.125 e. The summed E-state index contributed by atoms with van der Waals surface area (Å²) in [6.07, 6.45) is 0. The van der Waals surface area contributed by atoms with E-state index in [9.17, 15) is 4.39 Å². The normalized spacial score (nSPS) is 10.9. The van der Waals surface area contributed by atoms with Crippen molar-refractivity contribution in [3.63, 3.8) is 0 Å². The molecule has 0 unspecified atom stereocenters. The van der Waals surface area contributed by atoms with E-state index in [2.05, 4.69) is 5.10 Å². The first-order valence-corrected chi connectivity index (χ1v) is 5.62. The Hall–Kier alpha value is -1.39. The van der Waals surface area contributed by atoms with Gasteiger partial charge in [-0.05, 0) is 37.6 Å². The zero-order chi connectivity index (χ0) is 12.6. The second-order valence-corrected chi connectivity index (χ2v) is 4.30. The molecule has 0 atom stereocenters. The van der Waals surface area contributed by atoms with Crippen molar-refractivity contribution < 1.29 is 4.39 Å². The van der Waals surface area contributed by atoms with Crippen LogP contribution in [-0.4, -0.2) is 9.78 Å². The maximum Gasteiger partial charge on any atom is 0.125 e. The summed E-state index contributed by atoms with van der Waals surface area (Å²) >= 11 is 6.06. The minimum atomic E-state index is -0.327. The average molecular weight is 254 g/mol. The quantitative estimate of drug-likeness (QED) is 0.894. The van der Waals surface area contributed by atoms with E-state index in [4.69, 9.17) is 17.3 Å². The zero-order valence-corrected chi connectivity index (χ0v) is 10.4. The summed E-state index contributed by atoms with van der Waals surface area (Å²) in [7, 11) is 0. The van der Waals surface area contributed by atoms with E-state index in [-0.39, 0.29) is 12.4 Å². The lowest BCUT2D eigenvalue weighted by Crippen LogP contribution is -2.03. The standard InChI is InChI=1S/C12H13ClFN3/c1-7-12(13)8(2)17(16-7)11-4-9(6-15)3-10(14)5-11/h3-5H,6,15H2,1-2H3. The third-order valence-corrected chi connectivity index (χ3v) is 3.17. The molecule has 1 aromatic heterocycles. The minimum Gasteiger partial charge on any atom is -0.326 e. The molecule has 90 valence electrons. The van der Waals surface area contributed by atoms with Crippen LogP contribution in [0.1, 0.15) is 17.0 Å². The maximum atomic E-state index is 13.4. The van der Waals surface area contributed by atoms with Gasteiger partial charge in [-0.15, -0.1) is 0 Å². The number of benzene rings is 1. The molecule has 0 radical (unpaired) electrons. The molecule has 3 nitrogen and oxygen atoms in total. The highest BCUT2D eigenvalue weighted by Crippen LogP contribution is 2.23. The van der Waals surface area contributed by atoms with Crippen LogP contribution in [0, 0.1) is 19.7 Å². The molecule has 0 fully saturated rings. The van der Waals surface area contributed by atoms with Gasteiger partial charge in [0.15, 0.2) is 0 Å². The van der Waals surface area contributed by atoms with Crippen molar-refractivity contribution in [2.75, 3.05) is 0 Å². The fourth-order valence-electron chi connectivity index (χ4n) is 1.75. The second kappa shape index (κ2) is 4.47. The fourth-order valence-corrected chi connectivity index (χ4v) is 1.87. The Morgan fingerprint density at radius 1 is 1.35 bits per heavy atom. The van der Waals surface area contributed by atoms with Gasteiger partial charge in [-0.2, -0.15) is 5.10 Å². The van der Waals surface area contributed by atoms with Gasteiger partial charge in [-0.1, -0.05) is 11.6 Å². The van der Waals surface area contributed by atoms with Gasteiger partial charge < -0.3 is 5.73 Å². The van der Waals surface area contributed by atoms with Gasteiger partial charge in [-0.25, -0.2) is 9.07 Å². The second-order valence-electron chi connectivity index (χ2n) is 3.92. The highest BCUT2D eigenvalue weighted by atomic mass is 35.5. The van der Waals surface area contributed by atoms with E-state index in [0.717, 1.165) is 17.0 Å². The molecular weight excluding hydrogens is 241 g/mol. The largest absolute Gasteiger partial charge is 0.326 e. The van der Waals surface area contributed by atoms with Gasteiger partial charge in [0.25, 0.3) is 0 Å². The number of hydrogen-bond acceptors (Lipinski definition) is 2. The highest BCUT2D eigenvalue weighted by Gasteiger charge is 2.11. The van der Waals surface area contributed by atoms with Crippen molar-refractivity contribution in [1.82, 2.24) is 9.78 Å². The molecule has 0 aliphatic rings. The van der Waals surface area contributed by atoms with Crippen LogP contribution in [0.4, 0.5) is 4.39 Å². The lowest BCUT2D eigenvalue weighted by atomic mass is 10.2. The van der Waals surface area contributed by atoms with Crippen LogP contribution in [0.25, 0.3) is 5.69 Å². The Kier molecular flexibility index (Phi) is 3.17. The first-order chi connectivity index (χ1) is 8.02. The topological polar surface area (TPSA) is 43.8 Å². The van der Waals surface area contributed by atoms with Gasteiger partial charge in [0, 0.05) is 6.54 Å². The van der Waals surface area contributed by atoms with E-state index in [1.54, 1.807) is 10.7 Å². The van der Waals surface area contributed by atoms with Crippen LogP contribution in [0.5, 0.6) is 0 Å². The molecule has 0 bridgehead atoms. The van der Waals surface area contributed by atoms with Crippen LogP contribution in [0.15, 0.2) is 18.2 Å². The number of nitrogens with two attached hydrogens (primary N) is 1. The van der Waals surface area contributed by atoms with Crippen LogP contribution >= 0.6 is 11.6 Å². The number of aromatic nitrogens is 2. The van der Waals surface area contributed by atoms with E-state index < -0.39 is 0 Å².